The van der Waals surface area contributed by atoms with E-state index in [9.17, 15) is 27.7 Å². The van der Waals surface area contributed by atoms with Crippen LogP contribution in [-0.4, -0.2) is 29.7 Å². The zero-order chi connectivity index (χ0) is 14.8. The van der Waals surface area contributed by atoms with Gasteiger partial charge in [0.25, 0.3) is 5.69 Å². The van der Waals surface area contributed by atoms with Crippen molar-refractivity contribution in [3.63, 3.8) is 0 Å². The molecule has 9 heteroatoms. The highest BCUT2D eigenvalue weighted by atomic mass is 32.2. The molecule has 1 unspecified atom stereocenters. The number of nitro benzene ring substituents is 1. The Bertz CT molecular complexity index is 627. The van der Waals surface area contributed by atoms with Gasteiger partial charge < -0.3 is 5.11 Å². The molecule has 0 amide bonds. The number of nitro groups is 1. The van der Waals surface area contributed by atoms with E-state index in [-0.39, 0.29) is 5.56 Å². The summed E-state index contributed by atoms with van der Waals surface area (Å²) in [6.07, 6.45) is 0. The highest BCUT2D eigenvalue weighted by Crippen LogP contribution is 2.23. The Kier molecular flexibility index (Phi) is 4.20. The van der Waals surface area contributed by atoms with E-state index in [1.807, 2.05) is 0 Å². The van der Waals surface area contributed by atoms with Gasteiger partial charge in [-0.2, -0.15) is 0 Å². The minimum Gasteiger partial charge on any atom is -0.480 e. The Morgan fingerprint density at radius 3 is 2.58 bits per heavy atom. The van der Waals surface area contributed by atoms with Gasteiger partial charge in [-0.3, -0.25) is 14.9 Å². The first-order valence-electron chi connectivity index (χ1n) is 5.02. The molecule has 104 valence electrons. The summed E-state index contributed by atoms with van der Waals surface area (Å²) in [6, 6.07) is 2.38. The molecule has 0 aliphatic rings. The van der Waals surface area contributed by atoms with Crippen molar-refractivity contribution in [2.75, 3.05) is 0 Å². The molecule has 0 fully saturated rings. The van der Waals surface area contributed by atoms with E-state index < -0.39 is 43.2 Å². The van der Waals surface area contributed by atoms with E-state index in [0.29, 0.717) is 6.07 Å². The number of carboxylic acids is 1. The molecule has 0 aliphatic carbocycles. The zero-order valence-corrected chi connectivity index (χ0v) is 10.6. The molecule has 0 aromatic heterocycles. The fourth-order valence-electron chi connectivity index (χ4n) is 1.34. The largest absolute Gasteiger partial charge is 0.480 e. The Morgan fingerprint density at radius 2 is 2.11 bits per heavy atom. The van der Waals surface area contributed by atoms with Crippen LogP contribution < -0.4 is 0 Å². The standard InChI is InChI=1S/C10H10FNO6S/c1-6(10(13)14)19(17,18)5-7-4-8(11)2-3-9(7)12(15)16/h2-4,6H,5H2,1H3,(H,13,14). The summed E-state index contributed by atoms with van der Waals surface area (Å²) in [5.41, 5.74) is -0.944. The number of aliphatic carboxylic acids is 1. The van der Waals surface area contributed by atoms with Gasteiger partial charge in [-0.05, 0) is 19.1 Å². The SMILES string of the molecule is CC(C(=O)O)S(=O)(=O)Cc1cc(F)ccc1[N+](=O)[O-]. The number of hydrogen-bond acceptors (Lipinski definition) is 5. The lowest BCUT2D eigenvalue weighted by Gasteiger charge is -2.08. The molecule has 0 aliphatic heterocycles. The number of carbonyl (C=O) groups is 1. The van der Waals surface area contributed by atoms with Crippen molar-refractivity contribution in [2.45, 2.75) is 17.9 Å². The van der Waals surface area contributed by atoms with Crippen LogP contribution in [0, 0.1) is 15.9 Å². The first-order chi connectivity index (χ1) is 8.65. The lowest BCUT2D eigenvalue weighted by atomic mass is 10.2. The Balaban J connectivity index is 3.22. The minimum atomic E-state index is -4.16. The molecule has 0 saturated carbocycles. The predicted octanol–water partition coefficient (Wildman–Crippen LogP) is 1.12. The lowest BCUT2D eigenvalue weighted by Crippen LogP contribution is -2.28. The van der Waals surface area contributed by atoms with Gasteiger partial charge >= 0.3 is 5.97 Å². The van der Waals surface area contributed by atoms with Crippen molar-refractivity contribution in [3.05, 3.63) is 39.7 Å². The first kappa shape index (κ1) is 15.0. The average Bonchev–Trinajstić information content (AvgIpc) is 2.26. The molecule has 0 heterocycles. The molecular weight excluding hydrogens is 281 g/mol. The number of carboxylic acid groups (broad SMARTS) is 1. The molecule has 1 rings (SSSR count). The molecule has 1 aromatic carbocycles. The number of halogens is 1. The molecule has 19 heavy (non-hydrogen) atoms. The van der Waals surface area contributed by atoms with E-state index in [0.717, 1.165) is 19.1 Å². The maximum atomic E-state index is 13.0. The van der Waals surface area contributed by atoms with Gasteiger partial charge in [-0.25, -0.2) is 12.8 Å². The lowest BCUT2D eigenvalue weighted by molar-refractivity contribution is -0.385. The van der Waals surface area contributed by atoms with Crippen LogP contribution in [0.25, 0.3) is 0 Å². The summed E-state index contributed by atoms with van der Waals surface area (Å²) in [5.74, 6) is -3.31. The molecule has 1 N–H and O–H groups in total. The van der Waals surface area contributed by atoms with Gasteiger partial charge in [0.05, 0.1) is 10.7 Å². The van der Waals surface area contributed by atoms with Crippen molar-refractivity contribution in [1.82, 2.24) is 0 Å². The molecule has 0 bridgehead atoms. The zero-order valence-electron chi connectivity index (χ0n) is 9.74. The van der Waals surface area contributed by atoms with Crippen LogP contribution in [-0.2, 0) is 20.4 Å². The van der Waals surface area contributed by atoms with Crippen LogP contribution in [0.5, 0.6) is 0 Å². The van der Waals surface area contributed by atoms with Crippen molar-refractivity contribution in [3.8, 4) is 0 Å². The fraction of sp³-hybridized carbons (Fsp3) is 0.300. The Morgan fingerprint density at radius 1 is 1.53 bits per heavy atom. The van der Waals surface area contributed by atoms with Crippen LogP contribution in [0.3, 0.4) is 0 Å². The van der Waals surface area contributed by atoms with Gasteiger partial charge in [-0.1, -0.05) is 0 Å². The highest BCUT2D eigenvalue weighted by Gasteiger charge is 2.30. The summed E-state index contributed by atoms with van der Waals surface area (Å²) in [4.78, 5) is 20.5. The van der Waals surface area contributed by atoms with Gasteiger partial charge in [0.1, 0.15) is 5.82 Å². The molecular formula is C10H10FNO6S. The first-order valence-corrected chi connectivity index (χ1v) is 6.74. The van der Waals surface area contributed by atoms with Crippen molar-refractivity contribution in [2.24, 2.45) is 0 Å². The second-order valence-corrected chi connectivity index (χ2v) is 6.14. The topological polar surface area (TPSA) is 115 Å². The monoisotopic (exact) mass is 291 g/mol. The van der Waals surface area contributed by atoms with Gasteiger partial charge in [0.2, 0.25) is 0 Å². The van der Waals surface area contributed by atoms with E-state index in [2.05, 4.69) is 0 Å². The molecule has 1 atom stereocenters. The van der Waals surface area contributed by atoms with E-state index in [1.165, 1.54) is 0 Å². The Hall–Kier alpha value is -2.03. The van der Waals surface area contributed by atoms with E-state index in [4.69, 9.17) is 5.11 Å². The Labute approximate surface area is 107 Å². The predicted molar refractivity (Wildman–Crippen MR) is 62.8 cm³/mol. The van der Waals surface area contributed by atoms with E-state index >= 15 is 0 Å². The normalized spacial score (nSPS) is 12.9. The molecule has 0 radical (unpaired) electrons. The third kappa shape index (κ3) is 3.47. The smallest absolute Gasteiger partial charge is 0.321 e. The van der Waals surface area contributed by atoms with E-state index in [1.54, 1.807) is 0 Å². The average molecular weight is 291 g/mol. The van der Waals surface area contributed by atoms with Crippen LogP contribution in [0.15, 0.2) is 18.2 Å². The van der Waals surface area contributed by atoms with Gasteiger partial charge in [0, 0.05) is 11.6 Å². The highest BCUT2D eigenvalue weighted by molar-refractivity contribution is 7.92. The second kappa shape index (κ2) is 5.31. The maximum Gasteiger partial charge on any atom is 0.321 e. The number of rotatable bonds is 5. The summed E-state index contributed by atoms with van der Waals surface area (Å²) >= 11 is 0. The van der Waals surface area contributed by atoms with Crippen LogP contribution in [0.2, 0.25) is 0 Å². The van der Waals surface area contributed by atoms with Crippen molar-refractivity contribution >= 4 is 21.5 Å². The minimum absolute atomic E-state index is 0.377. The molecule has 1 aromatic rings. The van der Waals surface area contributed by atoms with Gasteiger partial charge in [-0.15, -0.1) is 0 Å². The summed E-state index contributed by atoms with van der Waals surface area (Å²) in [5, 5.41) is 17.6. The summed E-state index contributed by atoms with van der Waals surface area (Å²) < 4.78 is 36.4. The number of hydrogen-bond donors (Lipinski definition) is 1. The second-order valence-electron chi connectivity index (χ2n) is 3.82. The third-order valence-corrected chi connectivity index (χ3v) is 4.47. The summed E-state index contributed by atoms with van der Waals surface area (Å²) in [7, 11) is -4.16. The van der Waals surface area contributed by atoms with Crippen LogP contribution >= 0.6 is 0 Å². The van der Waals surface area contributed by atoms with Gasteiger partial charge in [0.15, 0.2) is 15.1 Å². The number of benzene rings is 1. The van der Waals surface area contributed by atoms with Crippen molar-refractivity contribution < 1.29 is 27.6 Å². The molecule has 0 saturated heterocycles. The van der Waals surface area contributed by atoms with Crippen LogP contribution in [0.1, 0.15) is 12.5 Å². The summed E-state index contributed by atoms with van der Waals surface area (Å²) in [6.45, 7) is 0.947. The third-order valence-electron chi connectivity index (χ3n) is 2.48. The number of nitrogens with zero attached hydrogens (tertiary/aromatic N) is 1. The maximum absolute atomic E-state index is 13.0. The fourth-order valence-corrected chi connectivity index (χ4v) is 2.57. The molecule has 0 spiro atoms. The van der Waals surface area contributed by atoms with Crippen LogP contribution in [0.4, 0.5) is 10.1 Å². The quantitative estimate of drug-likeness (QED) is 0.642. The molecule has 7 nitrogen and oxygen atoms in total. The number of sulfone groups is 1. The van der Waals surface area contributed by atoms with Crippen molar-refractivity contribution in [1.29, 1.82) is 0 Å².